The second-order valence-electron chi connectivity index (χ2n) is 6.35. The zero-order valence-electron chi connectivity index (χ0n) is 14.5. The Morgan fingerprint density at radius 2 is 2.04 bits per heavy atom. The normalized spacial score (nSPS) is 18.3. The molecule has 0 bridgehead atoms. The van der Waals surface area contributed by atoms with Crippen LogP contribution in [0.25, 0.3) is 5.57 Å². The van der Waals surface area contributed by atoms with Gasteiger partial charge in [0.15, 0.2) is 0 Å². The molecule has 2 N–H and O–H groups in total. The van der Waals surface area contributed by atoms with Gasteiger partial charge >= 0.3 is 0 Å². The molecule has 1 aliphatic heterocycles. The fourth-order valence-electron chi connectivity index (χ4n) is 3.06. The number of hydrogen-bond donors (Lipinski definition) is 1. The molecule has 1 atom stereocenters. The van der Waals surface area contributed by atoms with Crippen LogP contribution in [0.3, 0.4) is 0 Å². The number of allylic oxidation sites excluding steroid dienone is 1. The van der Waals surface area contributed by atoms with Gasteiger partial charge < -0.3 is 15.4 Å². The number of primary amides is 1. The number of carbonyl (C=O) groups is 2. The lowest BCUT2D eigenvalue weighted by atomic mass is 9.93. The van der Waals surface area contributed by atoms with E-state index in [9.17, 15) is 9.59 Å². The van der Waals surface area contributed by atoms with Crippen molar-refractivity contribution in [1.82, 2.24) is 4.90 Å². The molecule has 5 heteroatoms. The van der Waals surface area contributed by atoms with Gasteiger partial charge in [0.25, 0.3) is 0 Å². The summed E-state index contributed by atoms with van der Waals surface area (Å²) in [6.07, 6.45) is 4.88. The Kier molecular flexibility index (Phi) is 6.41. The van der Waals surface area contributed by atoms with E-state index in [0.29, 0.717) is 18.9 Å². The summed E-state index contributed by atoms with van der Waals surface area (Å²) in [6.45, 7) is 3.42. The highest BCUT2D eigenvalue weighted by molar-refractivity contribution is 5.95. The maximum absolute atomic E-state index is 12.5. The molecule has 2 rings (SSSR count). The lowest BCUT2D eigenvalue weighted by Crippen LogP contribution is -2.39. The second-order valence-corrected chi connectivity index (χ2v) is 6.35. The smallest absolute Gasteiger partial charge is 0.246 e. The van der Waals surface area contributed by atoms with E-state index in [1.807, 2.05) is 36.1 Å². The van der Waals surface area contributed by atoms with Crippen molar-refractivity contribution in [2.75, 3.05) is 20.2 Å². The minimum absolute atomic E-state index is 0.0343. The Hall–Kier alpha value is -2.30. The van der Waals surface area contributed by atoms with Gasteiger partial charge in [-0.05, 0) is 55.4 Å². The summed E-state index contributed by atoms with van der Waals surface area (Å²) in [5.74, 6) is 0.928. The summed E-state index contributed by atoms with van der Waals surface area (Å²) in [7, 11) is 1.63. The number of amides is 2. The van der Waals surface area contributed by atoms with Crippen LogP contribution in [-0.2, 0) is 9.59 Å². The van der Waals surface area contributed by atoms with Crippen LogP contribution in [0.15, 0.2) is 30.3 Å². The Labute approximate surface area is 143 Å². The number of benzene rings is 1. The van der Waals surface area contributed by atoms with Crippen LogP contribution in [0.5, 0.6) is 5.75 Å². The highest BCUT2D eigenvalue weighted by Crippen LogP contribution is 2.23. The zero-order chi connectivity index (χ0) is 17.5. The summed E-state index contributed by atoms with van der Waals surface area (Å²) in [4.78, 5) is 25.3. The number of nitrogens with two attached hydrogens (primary N) is 1. The van der Waals surface area contributed by atoms with Gasteiger partial charge in [-0.15, -0.1) is 0 Å². The Bertz CT molecular complexity index is 608. The molecule has 24 heavy (non-hydrogen) atoms. The van der Waals surface area contributed by atoms with Gasteiger partial charge in [-0.2, -0.15) is 0 Å². The molecule has 0 aromatic heterocycles. The Morgan fingerprint density at radius 1 is 1.33 bits per heavy atom. The van der Waals surface area contributed by atoms with Crippen molar-refractivity contribution >= 4 is 17.4 Å². The van der Waals surface area contributed by atoms with E-state index in [1.165, 1.54) is 0 Å². The van der Waals surface area contributed by atoms with Gasteiger partial charge in [-0.1, -0.05) is 12.1 Å². The number of likely N-dealkylation sites (tertiary alicyclic amines) is 1. The van der Waals surface area contributed by atoms with Crippen molar-refractivity contribution in [3.63, 3.8) is 0 Å². The minimum atomic E-state index is -0.270. The summed E-state index contributed by atoms with van der Waals surface area (Å²) < 4.78 is 5.15. The maximum Gasteiger partial charge on any atom is 0.246 e. The molecule has 130 valence electrons. The number of ether oxygens (including phenoxy) is 1. The fourth-order valence-corrected chi connectivity index (χ4v) is 3.06. The van der Waals surface area contributed by atoms with Crippen LogP contribution < -0.4 is 10.5 Å². The van der Waals surface area contributed by atoms with Gasteiger partial charge in [0.05, 0.1) is 7.11 Å². The van der Waals surface area contributed by atoms with Crippen LogP contribution in [0, 0.1) is 5.92 Å². The van der Waals surface area contributed by atoms with Crippen molar-refractivity contribution in [3.05, 3.63) is 35.9 Å². The van der Waals surface area contributed by atoms with Crippen molar-refractivity contribution in [2.24, 2.45) is 11.7 Å². The molecule has 0 spiro atoms. The topological polar surface area (TPSA) is 72.6 Å². The van der Waals surface area contributed by atoms with Crippen LogP contribution >= 0.6 is 0 Å². The van der Waals surface area contributed by atoms with Crippen molar-refractivity contribution < 1.29 is 14.3 Å². The lowest BCUT2D eigenvalue weighted by molar-refractivity contribution is -0.127. The third-order valence-electron chi connectivity index (χ3n) is 4.51. The first-order valence-corrected chi connectivity index (χ1v) is 8.39. The van der Waals surface area contributed by atoms with Crippen molar-refractivity contribution in [1.29, 1.82) is 0 Å². The first-order valence-electron chi connectivity index (χ1n) is 8.39. The standard InChI is InChI=1S/C19H26N2O3/c1-14(16-6-8-17(24-2)9-7-16)12-19(23)21-11-3-4-15(13-21)5-10-18(20)22/h6-9,12,15H,3-5,10-11,13H2,1-2H3,(H2,20,22)/b14-12+/t15-/m0/s1. The number of methoxy groups -OCH3 is 1. The maximum atomic E-state index is 12.5. The van der Waals surface area contributed by atoms with Gasteiger partial charge in [0.1, 0.15) is 5.75 Å². The fraction of sp³-hybridized carbons (Fsp3) is 0.474. The molecule has 0 radical (unpaired) electrons. The molecule has 1 aromatic carbocycles. The Balaban J connectivity index is 1.97. The van der Waals surface area contributed by atoms with Crippen LogP contribution in [0.4, 0.5) is 0 Å². The molecule has 0 aliphatic carbocycles. The number of hydrogen-bond acceptors (Lipinski definition) is 3. The zero-order valence-corrected chi connectivity index (χ0v) is 14.5. The molecule has 5 nitrogen and oxygen atoms in total. The number of rotatable bonds is 6. The summed E-state index contributed by atoms with van der Waals surface area (Å²) >= 11 is 0. The summed E-state index contributed by atoms with van der Waals surface area (Å²) in [6, 6.07) is 7.67. The van der Waals surface area contributed by atoms with E-state index in [0.717, 1.165) is 42.7 Å². The molecule has 1 aromatic rings. The second kappa shape index (κ2) is 8.52. The first kappa shape index (κ1) is 18.0. The summed E-state index contributed by atoms with van der Waals surface area (Å²) in [5.41, 5.74) is 7.16. The van der Waals surface area contributed by atoms with E-state index in [1.54, 1.807) is 13.2 Å². The highest BCUT2D eigenvalue weighted by atomic mass is 16.5. The average Bonchev–Trinajstić information content (AvgIpc) is 2.60. The molecule has 2 amide bonds. The monoisotopic (exact) mass is 330 g/mol. The molecule has 1 fully saturated rings. The third kappa shape index (κ3) is 5.11. The van der Waals surface area contributed by atoms with Gasteiger partial charge in [0.2, 0.25) is 11.8 Å². The first-order chi connectivity index (χ1) is 11.5. The highest BCUT2D eigenvalue weighted by Gasteiger charge is 2.22. The molecule has 1 saturated heterocycles. The quantitative estimate of drug-likeness (QED) is 0.815. The number of piperidine rings is 1. The van der Waals surface area contributed by atoms with Gasteiger partial charge in [-0.3, -0.25) is 9.59 Å². The van der Waals surface area contributed by atoms with Crippen molar-refractivity contribution in [2.45, 2.75) is 32.6 Å². The molecular formula is C19H26N2O3. The molecule has 1 aliphatic rings. The largest absolute Gasteiger partial charge is 0.497 e. The van der Waals surface area contributed by atoms with Crippen LogP contribution in [0.1, 0.15) is 38.2 Å². The van der Waals surface area contributed by atoms with E-state index in [2.05, 4.69) is 0 Å². The Morgan fingerprint density at radius 3 is 2.67 bits per heavy atom. The predicted octanol–water partition coefficient (Wildman–Crippen LogP) is 2.60. The number of nitrogens with zero attached hydrogens (tertiary/aromatic N) is 1. The van der Waals surface area contributed by atoms with E-state index in [-0.39, 0.29) is 11.8 Å². The predicted molar refractivity (Wildman–Crippen MR) is 94.4 cm³/mol. The third-order valence-corrected chi connectivity index (χ3v) is 4.51. The van der Waals surface area contributed by atoms with Crippen LogP contribution in [0.2, 0.25) is 0 Å². The van der Waals surface area contributed by atoms with E-state index < -0.39 is 0 Å². The minimum Gasteiger partial charge on any atom is -0.497 e. The SMILES string of the molecule is COc1ccc(/C(C)=C/C(=O)N2CCC[C@@H](CCC(N)=O)C2)cc1. The van der Waals surface area contributed by atoms with Gasteiger partial charge in [0, 0.05) is 25.6 Å². The molecule has 0 saturated carbocycles. The van der Waals surface area contributed by atoms with E-state index in [4.69, 9.17) is 10.5 Å². The van der Waals surface area contributed by atoms with E-state index >= 15 is 0 Å². The molecular weight excluding hydrogens is 304 g/mol. The number of carbonyl (C=O) groups excluding carboxylic acids is 2. The molecule has 1 heterocycles. The lowest BCUT2D eigenvalue weighted by Gasteiger charge is -2.32. The van der Waals surface area contributed by atoms with Crippen LogP contribution in [-0.4, -0.2) is 36.9 Å². The summed E-state index contributed by atoms with van der Waals surface area (Å²) in [5, 5.41) is 0. The van der Waals surface area contributed by atoms with Crippen molar-refractivity contribution in [3.8, 4) is 5.75 Å². The molecule has 0 unspecified atom stereocenters. The average molecular weight is 330 g/mol. The van der Waals surface area contributed by atoms with Gasteiger partial charge in [-0.25, -0.2) is 0 Å².